The van der Waals surface area contributed by atoms with Crippen LogP contribution in [0.3, 0.4) is 0 Å². The van der Waals surface area contributed by atoms with E-state index < -0.39 is 6.04 Å². The van der Waals surface area contributed by atoms with E-state index in [0.29, 0.717) is 24.5 Å². The zero-order valence-electron chi connectivity index (χ0n) is 22.8. The lowest BCUT2D eigenvalue weighted by Crippen LogP contribution is -2.40. The fraction of sp³-hybridized carbons (Fsp3) is 0.448. The number of aromatic amines is 1. The molecule has 0 aliphatic carbocycles. The minimum atomic E-state index is -0.495. The monoisotopic (exact) mass is 516 g/mol. The van der Waals surface area contributed by atoms with Gasteiger partial charge < -0.3 is 14.5 Å². The Morgan fingerprint density at radius 2 is 1.97 bits per heavy atom. The maximum Gasteiger partial charge on any atom is 0.253 e. The van der Waals surface area contributed by atoms with Gasteiger partial charge in [-0.05, 0) is 91.7 Å². The first kappa shape index (κ1) is 26.1. The van der Waals surface area contributed by atoms with E-state index in [9.17, 15) is 4.79 Å². The number of H-pyrrole nitrogens is 1. The maximum atomic E-state index is 13.7. The zero-order chi connectivity index (χ0) is 26.9. The second kappa shape index (κ2) is 10.7. The highest BCUT2D eigenvalue weighted by atomic mass is 16.5. The van der Waals surface area contributed by atoms with E-state index in [4.69, 9.17) is 9.47 Å². The molecule has 9 nitrogen and oxygen atoms in total. The summed E-state index contributed by atoms with van der Waals surface area (Å²) in [4.78, 5) is 19.1. The number of ether oxygens (including phenoxy) is 2. The van der Waals surface area contributed by atoms with Gasteiger partial charge in [0.15, 0.2) is 5.82 Å². The summed E-state index contributed by atoms with van der Waals surface area (Å²) in [5, 5.41) is 13.9. The molecular weight excluding hydrogens is 480 g/mol. The van der Waals surface area contributed by atoms with Gasteiger partial charge in [-0.15, -0.1) is 5.10 Å². The Morgan fingerprint density at radius 3 is 2.66 bits per heavy atom. The van der Waals surface area contributed by atoms with E-state index in [1.165, 1.54) is 0 Å². The summed E-state index contributed by atoms with van der Waals surface area (Å²) in [6.45, 7) is 10.2. The van der Waals surface area contributed by atoms with Crippen molar-refractivity contribution in [1.29, 1.82) is 0 Å². The predicted octanol–water partition coefficient (Wildman–Crippen LogP) is 4.36. The molecule has 2 atom stereocenters. The number of nitrogens with one attached hydrogen (secondary N) is 1. The first-order valence-corrected chi connectivity index (χ1v) is 13.1. The molecule has 0 amide bonds. The summed E-state index contributed by atoms with van der Waals surface area (Å²) in [5.74, 6) is 1.43. The molecule has 1 aliphatic rings. The highest BCUT2D eigenvalue weighted by Gasteiger charge is 2.35. The van der Waals surface area contributed by atoms with Crippen LogP contribution >= 0.6 is 0 Å². The first-order valence-electron chi connectivity index (χ1n) is 13.1. The molecule has 9 heteroatoms. The van der Waals surface area contributed by atoms with Crippen LogP contribution in [0.4, 0.5) is 0 Å². The third-order valence-corrected chi connectivity index (χ3v) is 7.07. The number of aryl methyl sites for hydroxylation is 1. The summed E-state index contributed by atoms with van der Waals surface area (Å²) >= 11 is 0. The van der Waals surface area contributed by atoms with Crippen molar-refractivity contribution in [3.05, 3.63) is 81.4 Å². The molecule has 2 aromatic carbocycles. The van der Waals surface area contributed by atoms with E-state index in [1.807, 2.05) is 41.9 Å². The van der Waals surface area contributed by atoms with E-state index in [0.717, 1.165) is 47.2 Å². The summed E-state index contributed by atoms with van der Waals surface area (Å²) in [6.07, 6.45) is 2.07. The van der Waals surface area contributed by atoms with Gasteiger partial charge in [-0.1, -0.05) is 24.3 Å². The Hall–Kier alpha value is -3.56. The van der Waals surface area contributed by atoms with Crippen molar-refractivity contribution in [2.75, 3.05) is 20.3 Å². The zero-order valence-corrected chi connectivity index (χ0v) is 22.8. The molecule has 0 spiro atoms. The quantitative estimate of drug-likeness (QED) is 0.372. The topological polar surface area (TPSA) is 98.2 Å². The van der Waals surface area contributed by atoms with Crippen LogP contribution in [0, 0.1) is 6.92 Å². The van der Waals surface area contributed by atoms with Crippen LogP contribution in [0.1, 0.15) is 62.2 Å². The largest absolute Gasteiger partial charge is 0.497 e. The SMILES string of the molecule is COc1ccc(CN(C[C@H]2CCCO2)[C@H](c2cc3ccc(C)cc3[nH]c2=O)c2nnnn2C(C)(C)C)cc1. The van der Waals surface area contributed by atoms with Gasteiger partial charge in [0.2, 0.25) is 0 Å². The van der Waals surface area contributed by atoms with Crippen LogP contribution < -0.4 is 10.3 Å². The van der Waals surface area contributed by atoms with Gasteiger partial charge >= 0.3 is 0 Å². The molecule has 0 radical (unpaired) electrons. The van der Waals surface area contributed by atoms with Crippen molar-refractivity contribution in [2.24, 2.45) is 0 Å². The molecule has 4 aromatic rings. The van der Waals surface area contributed by atoms with Gasteiger partial charge in [0.05, 0.1) is 18.8 Å². The van der Waals surface area contributed by atoms with E-state index >= 15 is 0 Å². The second-order valence-corrected chi connectivity index (χ2v) is 11.1. The number of hydrogen-bond acceptors (Lipinski definition) is 7. The number of nitrogens with zero attached hydrogens (tertiary/aromatic N) is 5. The molecule has 0 bridgehead atoms. The Labute approximate surface area is 222 Å². The number of benzene rings is 2. The summed E-state index contributed by atoms with van der Waals surface area (Å²) in [7, 11) is 1.66. The summed E-state index contributed by atoms with van der Waals surface area (Å²) in [6, 6.07) is 15.6. The van der Waals surface area contributed by atoms with Crippen molar-refractivity contribution in [1.82, 2.24) is 30.1 Å². The third-order valence-electron chi connectivity index (χ3n) is 7.07. The maximum absolute atomic E-state index is 13.7. The number of fused-ring (bicyclic) bond motifs is 1. The molecule has 0 saturated carbocycles. The predicted molar refractivity (Wildman–Crippen MR) is 146 cm³/mol. The first-order chi connectivity index (χ1) is 18.2. The minimum Gasteiger partial charge on any atom is -0.497 e. The van der Waals surface area contributed by atoms with Crippen molar-refractivity contribution in [3.63, 3.8) is 0 Å². The molecule has 200 valence electrons. The van der Waals surface area contributed by atoms with Crippen molar-refractivity contribution < 1.29 is 9.47 Å². The molecule has 2 aromatic heterocycles. The van der Waals surface area contributed by atoms with Gasteiger partial charge in [0, 0.05) is 30.8 Å². The normalized spacial score (nSPS) is 16.8. The van der Waals surface area contributed by atoms with Gasteiger partial charge in [-0.2, -0.15) is 0 Å². The van der Waals surface area contributed by atoms with Crippen LogP contribution in [0.5, 0.6) is 5.75 Å². The van der Waals surface area contributed by atoms with E-state index in [-0.39, 0.29) is 17.2 Å². The van der Waals surface area contributed by atoms with Crippen molar-refractivity contribution in [3.8, 4) is 5.75 Å². The lowest BCUT2D eigenvalue weighted by molar-refractivity contribution is 0.0564. The number of hydrogen-bond donors (Lipinski definition) is 1. The molecule has 38 heavy (non-hydrogen) atoms. The Morgan fingerprint density at radius 1 is 1.18 bits per heavy atom. The van der Waals surface area contributed by atoms with E-state index in [1.54, 1.807) is 7.11 Å². The van der Waals surface area contributed by atoms with Crippen LogP contribution in [-0.2, 0) is 16.8 Å². The molecule has 1 fully saturated rings. The van der Waals surface area contributed by atoms with Gasteiger partial charge in [-0.3, -0.25) is 9.69 Å². The molecule has 5 rings (SSSR count). The Bertz CT molecular complexity index is 1450. The highest BCUT2D eigenvalue weighted by molar-refractivity contribution is 5.79. The van der Waals surface area contributed by atoms with Crippen LogP contribution in [0.2, 0.25) is 0 Å². The standard InChI is InChI=1S/C29H36N6O3/c1-19-8-11-21-16-24(28(36)30-25(21)15-19)26(27-31-32-33-35(27)29(2,3)4)34(18-23-7-6-14-38-23)17-20-9-12-22(37-5)13-10-20/h8-13,15-16,23,26H,6-7,14,17-18H2,1-5H3,(H,30,36)/t23-,26-/m1/s1. The third kappa shape index (κ3) is 5.49. The second-order valence-electron chi connectivity index (χ2n) is 11.1. The number of aromatic nitrogens is 5. The van der Waals surface area contributed by atoms with Crippen LogP contribution in [-0.4, -0.2) is 56.5 Å². The lowest BCUT2D eigenvalue weighted by Gasteiger charge is -2.34. The molecular formula is C29H36N6O3. The smallest absolute Gasteiger partial charge is 0.253 e. The fourth-order valence-corrected chi connectivity index (χ4v) is 5.15. The van der Waals surface area contributed by atoms with E-state index in [2.05, 4.69) is 64.4 Å². The summed E-state index contributed by atoms with van der Waals surface area (Å²) < 4.78 is 13.3. The number of methoxy groups -OCH3 is 1. The van der Waals surface area contributed by atoms with Crippen molar-refractivity contribution >= 4 is 10.9 Å². The molecule has 1 saturated heterocycles. The highest BCUT2D eigenvalue weighted by Crippen LogP contribution is 2.32. The number of pyridine rings is 1. The average Bonchev–Trinajstić information content (AvgIpc) is 3.57. The molecule has 1 aliphatic heterocycles. The Balaban J connectivity index is 1.67. The Kier molecular flexibility index (Phi) is 7.32. The van der Waals surface area contributed by atoms with Crippen LogP contribution in [0.15, 0.2) is 53.3 Å². The van der Waals surface area contributed by atoms with Crippen molar-refractivity contribution in [2.45, 2.75) is 64.8 Å². The minimum absolute atomic E-state index is 0.0666. The van der Waals surface area contributed by atoms with Gasteiger partial charge in [0.25, 0.3) is 5.56 Å². The lowest BCUT2D eigenvalue weighted by atomic mass is 10.00. The summed E-state index contributed by atoms with van der Waals surface area (Å²) in [5.41, 5.74) is 3.07. The fourth-order valence-electron chi connectivity index (χ4n) is 5.15. The number of rotatable bonds is 8. The molecule has 3 heterocycles. The average molecular weight is 517 g/mol. The van der Waals surface area contributed by atoms with Crippen LogP contribution in [0.25, 0.3) is 10.9 Å². The molecule has 0 unspecified atom stereocenters. The van der Waals surface area contributed by atoms with Gasteiger partial charge in [-0.25, -0.2) is 4.68 Å². The van der Waals surface area contributed by atoms with Gasteiger partial charge in [0.1, 0.15) is 11.8 Å². The molecule has 1 N–H and O–H groups in total. The number of tetrazole rings is 1.